The number of aryl methyl sites for hydroxylation is 2. The minimum Gasteiger partial charge on any atom is -0.481 e. The Morgan fingerprint density at radius 3 is 2.56 bits per heavy atom. The number of rotatable bonds is 4. The molecule has 3 N–H and O–H groups in total. The van der Waals surface area contributed by atoms with Gasteiger partial charge in [0.1, 0.15) is 0 Å². The summed E-state index contributed by atoms with van der Waals surface area (Å²) in [7, 11) is 0. The van der Waals surface area contributed by atoms with Crippen molar-refractivity contribution in [1.29, 1.82) is 0 Å². The van der Waals surface area contributed by atoms with Gasteiger partial charge in [0, 0.05) is 11.7 Å². The number of carbonyl (C=O) groups excluding carboxylic acids is 1. The first-order valence-electron chi connectivity index (χ1n) is 4.96. The zero-order valence-corrected chi connectivity index (χ0v) is 9.50. The van der Waals surface area contributed by atoms with E-state index in [1.54, 1.807) is 20.8 Å². The number of amides is 1. The molecule has 0 aliphatic rings. The predicted molar refractivity (Wildman–Crippen MR) is 57.2 cm³/mol. The Balaban J connectivity index is 2.69. The van der Waals surface area contributed by atoms with Crippen molar-refractivity contribution in [2.24, 2.45) is 0 Å². The van der Waals surface area contributed by atoms with E-state index in [1.807, 2.05) is 0 Å². The number of carboxylic acids is 1. The molecule has 88 valence electrons. The summed E-state index contributed by atoms with van der Waals surface area (Å²) in [5.41, 5.74) is 1.77. The Hall–Kier alpha value is -1.85. The summed E-state index contributed by atoms with van der Waals surface area (Å²) in [6.07, 6.45) is -0.0955. The number of H-pyrrole nitrogens is 1. The van der Waals surface area contributed by atoms with E-state index in [0.29, 0.717) is 17.0 Å². The fraction of sp³-hybridized carbons (Fsp3) is 0.500. The Bertz CT molecular complexity index is 392. The lowest BCUT2D eigenvalue weighted by Gasteiger charge is -2.11. The molecule has 1 heterocycles. The highest BCUT2D eigenvalue weighted by molar-refractivity contribution is 5.96. The van der Waals surface area contributed by atoms with Crippen LogP contribution in [0.5, 0.6) is 0 Å². The number of nitrogens with one attached hydrogen (secondary N) is 2. The Kier molecular flexibility index (Phi) is 3.65. The molecule has 16 heavy (non-hydrogen) atoms. The molecule has 0 saturated heterocycles. The quantitative estimate of drug-likeness (QED) is 0.700. The van der Waals surface area contributed by atoms with Gasteiger partial charge in [0.25, 0.3) is 5.91 Å². The highest BCUT2D eigenvalue weighted by Gasteiger charge is 2.18. The van der Waals surface area contributed by atoms with Crippen LogP contribution in [0.25, 0.3) is 0 Å². The maximum Gasteiger partial charge on any atom is 0.305 e. The first-order valence-corrected chi connectivity index (χ1v) is 4.96. The van der Waals surface area contributed by atoms with Gasteiger partial charge in [-0.3, -0.25) is 14.7 Å². The molecular formula is C10H15N3O3. The van der Waals surface area contributed by atoms with Crippen molar-refractivity contribution in [3.8, 4) is 0 Å². The summed E-state index contributed by atoms with van der Waals surface area (Å²) in [5, 5.41) is 17.8. The average Bonchev–Trinajstić information content (AvgIpc) is 2.44. The van der Waals surface area contributed by atoms with E-state index < -0.39 is 12.0 Å². The van der Waals surface area contributed by atoms with Crippen LogP contribution in [-0.4, -0.2) is 33.2 Å². The number of nitrogens with zero attached hydrogens (tertiary/aromatic N) is 1. The highest BCUT2D eigenvalue weighted by Crippen LogP contribution is 2.09. The second-order valence-corrected chi connectivity index (χ2v) is 3.78. The third-order valence-corrected chi connectivity index (χ3v) is 2.21. The van der Waals surface area contributed by atoms with E-state index in [2.05, 4.69) is 15.5 Å². The van der Waals surface area contributed by atoms with Gasteiger partial charge < -0.3 is 10.4 Å². The lowest BCUT2D eigenvalue weighted by Crippen LogP contribution is -2.34. The number of carboxylic acid groups (broad SMARTS) is 1. The van der Waals surface area contributed by atoms with Crippen LogP contribution in [0.4, 0.5) is 0 Å². The molecule has 0 fully saturated rings. The van der Waals surface area contributed by atoms with Crippen molar-refractivity contribution in [3.05, 3.63) is 17.0 Å². The maximum absolute atomic E-state index is 11.8. The van der Waals surface area contributed by atoms with Crippen LogP contribution >= 0.6 is 0 Å². The predicted octanol–water partition coefficient (Wildman–Crippen LogP) is 0.620. The SMILES string of the molecule is Cc1n[nH]c(C)c1C(=O)NC(C)CC(=O)O. The highest BCUT2D eigenvalue weighted by atomic mass is 16.4. The van der Waals surface area contributed by atoms with Crippen molar-refractivity contribution in [2.75, 3.05) is 0 Å². The van der Waals surface area contributed by atoms with Gasteiger partial charge in [0.2, 0.25) is 0 Å². The van der Waals surface area contributed by atoms with E-state index in [4.69, 9.17) is 5.11 Å². The van der Waals surface area contributed by atoms with E-state index in [-0.39, 0.29) is 12.3 Å². The third kappa shape index (κ3) is 2.82. The molecule has 0 radical (unpaired) electrons. The van der Waals surface area contributed by atoms with Crippen molar-refractivity contribution < 1.29 is 14.7 Å². The summed E-state index contributed by atoms with van der Waals surface area (Å²) in [6.45, 7) is 5.12. The first kappa shape index (κ1) is 12.2. The molecule has 0 aromatic carbocycles. The fourth-order valence-electron chi connectivity index (χ4n) is 1.49. The van der Waals surface area contributed by atoms with Crippen LogP contribution in [0.3, 0.4) is 0 Å². The molecule has 6 heteroatoms. The van der Waals surface area contributed by atoms with Gasteiger partial charge in [-0.1, -0.05) is 0 Å². The fourth-order valence-corrected chi connectivity index (χ4v) is 1.49. The minimum absolute atomic E-state index is 0.0955. The van der Waals surface area contributed by atoms with Crippen LogP contribution in [0.2, 0.25) is 0 Å². The van der Waals surface area contributed by atoms with Crippen LogP contribution in [0, 0.1) is 13.8 Å². The van der Waals surface area contributed by atoms with Crippen LogP contribution in [0.1, 0.15) is 35.1 Å². The van der Waals surface area contributed by atoms with Crippen molar-refractivity contribution in [1.82, 2.24) is 15.5 Å². The molecule has 1 amide bonds. The van der Waals surface area contributed by atoms with E-state index in [1.165, 1.54) is 0 Å². The topological polar surface area (TPSA) is 95.1 Å². The van der Waals surface area contributed by atoms with Gasteiger partial charge in [-0.15, -0.1) is 0 Å². The zero-order chi connectivity index (χ0) is 12.3. The normalized spacial score (nSPS) is 12.2. The summed E-state index contributed by atoms with van der Waals surface area (Å²) < 4.78 is 0. The summed E-state index contributed by atoms with van der Waals surface area (Å²) in [6, 6.07) is -0.404. The average molecular weight is 225 g/mol. The standard InChI is InChI=1S/C10H15N3O3/c1-5(4-8(14)15)11-10(16)9-6(2)12-13-7(9)3/h5H,4H2,1-3H3,(H,11,16)(H,12,13)(H,14,15). The van der Waals surface area contributed by atoms with Crippen molar-refractivity contribution in [2.45, 2.75) is 33.2 Å². The molecule has 1 atom stereocenters. The molecule has 6 nitrogen and oxygen atoms in total. The van der Waals surface area contributed by atoms with Crippen molar-refractivity contribution >= 4 is 11.9 Å². The Labute approximate surface area is 93.1 Å². The lowest BCUT2D eigenvalue weighted by atomic mass is 10.1. The summed E-state index contributed by atoms with van der Waals surface area (Å²) in [4.78, 5) is 22.2. The molecule has 0 aliphatic heterocycles. The van der Waals surface area contributed by atoms with Crippen LogP contribution < -0.4 is 5.32 Å². The number of aromatic amines is 1. The minimum atomic E-state index is -0.937. The number of carbonyl (C=O) groups is 2. The molecular weight excluding hydrogens is 210 g/mol. The monoisotopic (exact) mass is 225 g/mol. The summed E-state index contributed by atoms with van der Waals surface area (Å²) >= 11 is 0. The maximum atomic E-state index is 11.8. The molecule has 1 aromatic rings. The Morgan fingerprint density at radius 1 is 1.50 bits per heavy atom. The van der Waals surface area contributed by atoms with Gasteiger partial charge in [-0.25, -0.2) is 0 Å². The number of hydrogen-bond acceptors (Lipinski definition) is 3. The van der Waals surface area contributed by atoms with Gasteiger partial charge in [0.15, 0.2) is 0 Å². The number of aliphatic carboxylic acids is 1. The molecule has 0 spiro atoms. The second-order valence-electron chi connectivity index (χ2n) is 3.78. The molecule has 1 unspecified atom stereocenters. The largest absolute Gasteiger partial charge is 0.481 e. The molecule has 0 aliphatic carbocycles. The van der Waals surface area contributed by atoms with E-state index in [9.17, 15) is 9.59 Å². The molecule has 0 saturated carbocycles. The van der Waals surface area contributed by atoms with E-state index in [0.717, 1.165) is 0 Å². The first-order chi connectivity index (χ1) is 7.41. The van der Waals surface area contributed by atoms with Crippen molar-refractivity contribution in [3.63, 3.8) is 0 Å². The molecule has 0 bridgehead atoms. The smallest absolute Gasteiger partial charge is 0.305 e. The van der Waals surface area contributed by atoms with Crippen LogP contribution in [0.15, 0.2) is 0 Å². The van der Waals surface area contributed by atoms with Crippen LogP contribution in [-0.2, 0) is 4.79 Å². The second kappa shape index (κ2) is 4.78. The van der Waals surface area contributed by atoms with Gasteiger partial charge in [0.05, 0.1) is 17.7 Å². The number of aromatic nitrogens is 2. The molecule has 1 rings (SSSR count). The number of hydrogen-bond donors (Lipinski definition) is 3. The van der Waals surface area contributed by atoms with Gasteiger partial charge in [-0.05, 0) is 20.8 Å². The zero-order valence-electron chi connectivity index (χ0n) is 9.50. The molecule has 1 aromatic heterocycles. The lowest BCUT2D eigenvalue weighted by molar-refractivity contribution is -0.137. The third-order valence-electron chi connectivity index (χ3n) is 2.21. The Morgan fingerprint density at radius 2 is 2.12 bits per heavy atom. The van der Waals surface area contributed by atoms with Gasteiger partial charge >= 0.3 is 5.97 Å². The van der Waals surface area contributed by atoms with E-state index >= 15 is 0 Å². The van der Waals surface area contributed by atoms with Gasteiger partial charge in [-0.2, -0.15) is 5.10 Å². The summed E-state index contributed by atoms with van der Waals surface area (Å²) in [5.74, 6) is -1.23.